The van der Waals surface area contributed by atoms with Crippen molar-refractivity contribution in [2.75, 3.05) is 16.4 Å². The maximum absolute atomic E-state index is 13.4. The molecule has 214 valence electrons. The number of hydrogen-bond donors (Lipinski definition) is 3. The molecule has 0 saturated carbocycles. The third-order valence-electron chi connectivity index (χ3n) is 5.99. The van der Waals surface area contributed by atoms with Crippen molar-refractivity contribution in [2.24, 2.45) is 0 Å². The van der Waals surface area contributed by atoms with E-state index in [0.29, 0.717) is 21.9 Å². The summed E-state index contributed by atoms with van der Waals surface area (Å²) in [6, 6.07) is 30.8. The number of rotatable bonds is 10. The molecule has 10 heteroatoms. The molecule has 5 rings (SSSR count). The number of anilines is 2. The highest BCUT2D eigenvalue weighted by molar-refractivity contribution is 8.00. The number of aromatic nitrogens is 1. The van der Waals surface area contributed by atoms with Gasteiger partial charge in [-0.1, -0.05) is 66.7 Å². The Kier molecular flexibility index (Phi) is 9.73. The monoisotopic (exact) mass is 608 g/mol. The molecule has 0 radical (unpaired) electrons. The van der Waals surface area contributed by atoms with E-state index in [0.717, 1.165) is 16.2 Å². The SMILES string of the molecule is O=C(CSc1cccc(NC(=O)/C(=C/c2ccc(F)cc2)NC(=O)c2ccccc2)c1)Nc1nc(-c2ccccc2)cs1. The molecular formula is C33H25FN4O3S2. The summed E-state index contributed by atoms with van der Waals surface area (Å²) in [5, 5.41) is 10.7. The van der Waals surface area contributed by atoms with Crippen LogP contribution in [0.15, 0.2) is 125 Å². The third-order valence-corrected chi connectivity index (χ3v) is 7.74. The maximum Gasteiger partial charge on any atom is 0.272 e. The zero-order valence-electron chi connectivity index (χ0n) is 22.6. The van der Waals surface area contributed by atoms with E-state index >= 15 is 0 Å². The second-order valence-electron chi connectivity index (χ2n) is 9.15. The molecule has 0 aliphatic heterocycles. The van der Waals surface area contributed by atoms with Crippen molar-refractivity contribution in [3.8, 4) is 11.3 Å². The number of nitrogens with zero attached hydrogens (tertiary/aromatic N) is 1. The molecule has 0 fully saturated rings. The molecule has 0 aliphatic rings. The van der Waals surface area contributed by atoms with Crippen LogP contribution in [0.5, 0.6) is 0 Å². The summed E-state index contributed by atoms with van der Waals surface area (Å²) >= 11 is 2.66. The van der Waals surface area contributed by atoms with Gasteiger partial charge < -0.3 is 16.0 Å². The van der Waals surface area contributed by atoms with E-state index in [1.54, 1.807) is 48.5 Å². The van der Waals surface area contributed by atoms with Gasteiger partial charge in [0.1, 0.15) is 11.5 Å². The van der Waals surface area contributed by atoms with E-state index in [1.165, 1.54) is 53.4 Å². The minimum atomic E-state index is -0.563. The molecular weight excluding hydrogens is 584 g/mol. The summed E-state index contributed by atoms with van der Waals surface area (Å²) in [6.45, 7) is 0. The maximum atomic E-state index is 13.4. The smallest absolute Gasteiger partial charge is 0.272 e. The Morgan fingerprint density at radius 2 is 1.56 bits per heavy atom. The zero-order valence-corrected chi connectivity index (χ0v) is 24.3. The molecule has 0 aliphatic carbocycles. The van der Waals surface area contributed by atoms with E-state index in [2.05, 4.69) is 20.9 Å². The van der Waals surface area contributed by atoms with Gasteiger partial charge >= 0.3 is 0 Å². The summed E-state index contributed by atoms with van der Waals surface area (Å²) in [5.41, 5.74) is 3.14. The standard InChI is InChI=1S/C33H25FN4O3S2/c34-25-16-14-22(15-17-25)18-28(36-31(40)24-10-5-2-6-11-24)32(41)35-26-12-7-13-27(19-26)42-21-30(39)38-33-37-29(20-43-33)23-8-3-1-4-9-23/h1-20H,21H2,(H,35,41)(H,36,40)(H,37,38,39)/b28-18-. The first kappa shape index (κ1) is 29.4. The number of thiazole rings is 1. The van der Waals surface area contributed by atoms with Gasteiger partial charge in [-0.3, -0.25) is 14.4 Å². The fourth-order valence-corrected chi connectivity index (χ4v) is 5.40. The van der Waals surface area contributed by atoms with Crippen molar-refractivity contribution in [2.45, 2.75) is 4.90 Å². The van der Waals surface area contributed by atoms with Crippen molar-refractivity contribution in [1.29, 1.82) is 0 Å². The van der Waals surface area contributed by atoms with Gasteiger partial charge in [0.2, 0.25) is 5.91 Å². The molecule has 7 nitrogen and oxygen atoms in total. The molecule has 4 aromatic carbocycles. The minimum Gasteiger partial charge on any atom is -0.321 e. The van der Waals surface area contributed by atoms with Crippen LogP contribution < -0.4 is 16.0 Å². The van der Waals surface area contributed by atoms with E-state index in [-0.39, 0.29) is 17.4 Å². The van der Waals surface area contributed by atoms with Crippen LogP contribution in [0.25, 0.3) is 17.3 Å². The Labute approximate surface area is 255 Å². The molecule has 0 spiro atoms. The lowest BCUT2D eigenvalue weighted by Crippen LogP contribution is -2.30. The number of nitrogens with one attached hydrogen (secondary N) is 3. The van der Waals surface area contributed by atoms with Gasteiger partial charge in [-0.2, -0.15) is 0 Å². The lowest BCUT2D eigenvalue weighted by Gasteiger charge is -2.12. The van der Waals surface area contributed by atoms with Crippen LogP contribution >= 0.6 is 23.1 Å². The van der Waals surface area contributed by atoms with Crippen LogP contribution in [0, 0.1) is 5.82 Å². The summed E-state index contributed by atoms with van der Waals surface area (Å²) in [7, 11) is 0. The predicted molar refractivity (Wildman–Crippen MR) is 170 cm³/mol. The molecule has 1 aromatic heterocycles. The van der Waals surface area contributed by atoms with Crippen molar-refractivity contribution < 1.29 is 18.8 Å². The average Bonchev–Trinajstić information content (AvgIpc) is 3.50. The van der Waals surface area contributed by atoms with E-state index in [1.807, 2.05) is 41.8 Å². The van der Waals surface area contributed by atoms with Crippen molar-refractivity contribution >= 4 is 57.7 Å². The number of amides is 3. The van der Waals surface area contributed by atoms with Crippen LogP contribution in [0.3, 0.4) is 0 Å². The minimum absolute atomic E-state index is 0.0174. The van der Waals surface area contributed by atoms with E-state index in [4.69, 9.17) is 0 Å². The molecule has 1 heterocycles. The fourth-order valence-electron chi connectivity index (χ4n) is 3.91. The molecule has 0 atom stereocenters. The summed E-state index contributed by atoms with van der Waals surface area (Å²) in [4.78, 5) is 44.0. The predicted octanol–water partition coefficient (Wildman–Crippen LogP) is 7.09. The molecule has 0 unspecified atom stereocenters. The van der Waals surface area contributed by atoms with E-state index < -0.39 is 17.6 Å². The van der Waals surface area contributed by atoms with Gasteiger partial charge in [-0.15, -0.1) is 23.1 Å². The highest BCUT2D eigenvalue weighted by Crippen LogP contribution is 2.26. The van der Waals surface area contributed by atoms with Gasteiger partial charge in [0.15, 0.2) is 5.13 Å². The van der Waals surface area contributed by atoms with Gasteiger partial charge in [0.25, 0.3) is 11.8 Å². The number of thioether (sulfide) groups is 1. The first-order valence-corrected chi connectivity index (χ1v) is 15.0. The molecule has 0 saturated heterocycles. The molecule has 0 bridgehead atoms. The van der Waals surface area contributed by atoms with Crippen molar-refractivity contribution in [3.63, 3.8) is 0 Å². The Morgan fingerprint density at radius 3 is 2.30 bits per heavy atom. The molecule has 3 N–H and O–H groups in total. The Morgan fingerprint density at radius 1 is 0.837 bits per heavy atom. The van der Waals surface area contributed by atoms with Crippen molar-refractivity contribution in [1.82, 2.24) is 10.3 Å². The normalized spacial score (nSPS) is 11.0. The lowest BCUT2D eigenvalue weighted by atomic mass is 10.1. The van der Waals surface area contributed by atoms with Crippen LogP contribution in [-0.4, -0.2) is 28.5 Å². The quantitative estimate of drug-likeness (QED) is 0.116. The van der Waals surface area contributed by atoms with Crippen LogP contribution in [0.1, 0.15) is 15.9 Å². The second kappa shape index (κ2) is 14.2. The molecule has 5 aromatic rings. The summed E-state index contributed by atoms with van der Waals surface area (Å²) < 4.78 is 13.4. The average molecular weight is 609 g/mol. The number of carbonyl (C=O) groups is 3. The van der Waals surface area contributed by atoms with Gasteiger partial charge in [-0.25, -0.2) is 9.37 Å². The molecule has 3 amide bonds. The number of hydrogen-bond acceptors (Lipinski definition) is 6. The van der Waals surface area contributed by atoms with Gasteiger partial charge in [0.05, 0.1) is 11.4 Å². The Balaban J connectivity index is 1.22. The van der Waals surface area contributed by atoms with Crippen LogP contribution in [-0.2, 0) is 9.59 Å². The highest BCUT2D eigenvalue weighted by Gasteiger charge is 2.16. The number of carbonyl (C=O) groups excluding carboxylic acids is 3. The number of halogens is 1. The molecule has 43 heavy (non-hydrogen) atoms. The fraction of sp³-hybridized carbons (Fsp3) is 0.0303. The number of benzene rings is 4. The Bertz CT molecular complexity index is 1760. The van der Waals surface area contributed by atoms with Crippen LogP contribution in [0.2, 0.25) is 0 Å². The second-order valence-corrected chi connectivity index (χ2v) is 11.1. The Hall–Kier alpha value is -5.06. The first-order chi connectivity index (χ1) is 20.9. The third kappa shape index (κ3) is 8.48. The van der Waals surface area contributed by atoms with Gasteiger partial charge in [-0.05, 0) is 54.1 Å². The van der Waals surface area contributed by atoms with Crippen molar-refractivity contribution in [3.05, 3.63) is 137 Å². The topological polar surface area (TPSA) is 100 Å². The highest BCUT2D eigenvalue weighted by atomic mass is 32.2. The summed E-state index contributed by atoms with van der Waals surface area (Å²) in [6.07, 6.45) is 1.47. The zero-order chi connectivity index (χ0) is 30.0. The van der Waals surface area contributed by atoms with E-state index in [9.17, 15) is 18.8 Å². The van der Waals surface area contributed by atoms with Gasteiger partial charge in [0, 0.05) is 27.1 Å². The summed E-state index contributed by atoms with van der Waals surface area (Å²) in [5.74, 6) is -1.51. The first-order valence-electron chi connectivity index (χ1n) is 13.1. The lowest BCUT2D eigenvalue weighted by molar-refractivity contribution is -0.114. The largest absolute Gasteiger partial charge is 0.321 e. The van der Waals surface area contributed by atoms with Crippen LogP contribution in [0.4, 0.5) is 15.2 Å².